The lowest BCUT2D eigenvalue weighted by atomic mass is 9.68. The van der Waals surface area contributed by atoms with Gasteiger partial charge in [-0.25, -0.2) is 0 Å². The van der Waals surface area contributed by atoms with E-state index in [-0.39, 0.29) is 0 Å². The van der Waals surface area contributed by atoms with E-state index >= 15 is 0 Å². The highest BCUT2D eigenvalue weighted by atomic mass is 14.4. The minimum absolute atomic E-state index is 0.750. The number of hydrogen-bond acceptors (Lipinski definition) is 1. The maximum Gasteiger partial charge on any atom is 0.0912 e. The van der Waals surface area contributed by atoms with Gasteiger partial charge in [0.25, 0.3) is 0 Å². The highest BCUT2D eigenvalue weighted by molar-refractivity contribution is 5.12. The summed E-state index contributed by atoms with van der Waals surface area (Å²) >= 11 is 0. The van der Waals surface area contributed by atoms with Crippen molar-refractivity contribution in [1.29, 1.82) is 5.26 Å². The van der Waals surface area contributed by atoms with E-state index in [1.54, 1.807) is 6.08 Å². The molecule has 1 nitrogen and oxygen atoms in total. The summed E-state index contributed by atoms with van der Waals surface area (Å²) in [4.78, 5) is 0. The van der Waals surface area contributed by atoms with Gasteiger partial charge in [-0.3, -0.25) is 0 Å². The third-order valence-electron chi connectivity index (χ3n) is 6.26. The Balaban J connectivity index is 1.64. The lowest BCUT2D eigenvalue weighted by molar-refractivity contribution is 0.151. The molecule has 2 aliphatic carbocycles. The predicted octanol–water partition coefficient (Wildman–Crippen LogP) is 6.82. The number of hydrogen-bond donors (Lipinski definition) is 0. The molecule has 23 heavy (non-hydrogen) atoms. The molecule has 2 rings (SSSR count). The normalized spacial score (nSPS) is 32.3. The Morgan fingerprint density at radius 2 is 1.52 bits per heavy atom. The molecule has 0 aliphatic heterocycles. The number of unbranched alkanes of at least 4 members (excludes halogenated alkanes) is 2. The van der Waals surface area contributed by atoms with Gasteiger partial charge in [0, 0.05) is 6.08 Å². The topological polar surface area (TPSA) is 23.8 Å². The first-order chi connectivity index (χ1) is 11.3. The summed E-state index contributed by atoms with van der Waals surface area (Å²) in [6.45, 7) is 2.31. The van der Waals surface area contributed by atoms with Gasteiger partial charge in [0.05, 0.1) is 6.07 Å². The van der Waals surface area contributed by atoms with E-state index in [1.165, 1.54) is 77.0 Å². The van der Waals surface area contributed by atoms with Gasteiger partial charge in [-0.2, -0.15) is 5.26 Å². The van der Waals surface area contributed by atoms with Crippen LogP contribution in [0.3, 0.4) is 0 Å². The Labute approximate surface area is 143 Å². The molecule has 0 radical (unpaired) electrons. The second-order valence-electron chi connectivity index (χ2n) is 7.82. The smallest absolute Gasteiger partial charge is 0.0912 e. The van der Waals surface area contributed by atoms with Crippen molar-refractivity contribution in [1.82, 2.24) is 0 Å². The standard InChI is InChI=1S/C22H35N/c1-2-3-5-8-19-10-14-21(15-11-19)22-16-12-20(13-17-22)9-6-4-7-18-23/h4,6-7,9,19-22H,2-3,5,8,10-17H2,1H3/t19-,20-,21-,22-. The van der Waals surface area contributed by atoms with Crippen molar-refractivity contribution in [2.75, 3.05) is 0 Å². The van der Waals surface area contributed by atoms with Gasteiger partial charge in [0.15, 0.2) is 0 Å². The molecule has 0 N–H and O–H groups in total. The molecule has 0 saturated heterocycles. The van der Waals surface area contributed by atoms with Crippen LogP contribution in [0.1, 0.15) is 84.0 Å². The van der Waals surface area contributed by atoms with E-state index < -0.39 is 0 Å². The second kappa shape index (κ2) is 10.7. The summed E-state index contributed by atoms with van der Waals surface area (Å²) in [5.74, 6) is 3.83. The first-order valence-electron chi connectivity index (χ1n) is 10.1. The highest BCUT2D eigenvalue weighted by Gasteiger charge is 2.30. The average molecular weight is 314 g/mol. The number of allylic oxidation sites excluding steroid dienone is 4. The molecule has 0 bridgehead atoms. The molecular formula is C22H35N. The minimum atomic E-state index is 0.750. The summed E-state index contributed by atoms with van der Waals surface area (Å²) in [7, 11) is 0. The van der Waals surface area contributed by atoms with Crippen LogP contribution < -0.4 is 0 Å². The van der Waals surface area contributed by atoms with E-state index in [4.69, 9.17) is 5.26 Å². The first-order valence-corrected chi connectivity index (χ1v) is 10.1. The molecule has 0 heterocycles. The van der Waals surface area contributed by atoms with Crippen molar-refractivity contribution in [3.8, 4) is 6.07 Å². The zero-order valence-corrected chi connectivity index (χ0v) is 15.1. The predicted molar refractivity (Wildman–Crippen MR) is 98.9 cm³/mol. The average Bonchev–Trinajstić information content (AvgIpc) is 2.60. The SMILES string of the molecule is CCCCC[C@H]1CC[C@H]([C@H]2CC[C@H](C=CC=CC#N)CC2)CC1. The molecule has 1 heteroatoms. The summed E-state index contributed by atoms with van der Waals surface area (Å²) in [5.41, 5.74) is 0. The van der Waals surface area contributed by atoms with E-state index in [9.17, 15) is 0 Å². The number of nitriles is 1. The molecule has 0 atom stereocenters. The fourth-order valence-corrected chi connectivity index (χ4v) is 4.76. The van der Waals surface area contributed by atoms with E-state index in [1.807, 2.05) is 12.1 Å². The molecular weight excluding hydrogens is 278 g/mol. The van der Waals surface area contributed by atoms with Crippen LogP contribution in [0.4, 0.5) is 0 Å². The van der Waals surface area contributed by atoms with Gasteiger partial charge in [-0.15, -0.1) is 0 Å². The Kier molecular flexibility index (Phi) is 8.51. The van der Waals surface area contributed by atoms with Crippen molar-refractivity contribution in [2.45, 2.75) is 84.0 Å². The van der Waals surface area contributed by atoms with Crippen molar-refractivity contribution < 1.29 is 0 Å². The van der Waals surface area contributed by atoms with Crippen LogP contribution in [-0.4, -0.2) is 0 Å². The van der Waals surface area contributed by atoms with Gasteiger partial charge in [0.2, 0.25) is 0 Å². The zero-order chi connectivity index (χ0) is 16.3. The third-order valence-corrected chi connectivity index (χ3v) is 6.26. The Bertz CT molecular complexity index is 398. The molecule has 128 valence electrons. The van der Waals surface area contributed by atoms with Crippen molar-refractivity contribution in [3.63, 3.8) is 0 Å². The monoisotopic (exact) mass is 313 g/mol. The van der Waals surface area contributed by atoms with E-state index in [0.29, 0.717) is 0 Å². The Morgan fingerprint density at radius 3 is 2.13 bits per heavy atom. The quantitative estimate of drug-likeness (QED) is 0.287. The molecule has 2 aliphatic rings. The van der Waals surface area contributed by atoms with Crippen molar-refractivity contribution in [3.05, 3.63) is 24.3 Å². The number of rotatable bonds is 7. The van der Waals surface area contributed by atoms with Crippen LogP contribution in [0.25, 0.3) is 0 Å². The van der Waals surface area contributed by atoms with Gasteiger partial charge in [0.1, 0.15) is 0 Å². The van der Waals surface area contributed by atoms with Gasteiger partial charge in [-0.05, 0) is 62.2 Å². The molecule has 0 aromatic heterocycles. The molecule has 0 amide bonds. The Hall–Kier alpha value is -1.03. The Morgan fingerprint density at radius 1 is 0.870 bits per heavy atom. The molecule has 0 spiro atoms. The van der Waals surface area contributed by atoms with Gasteiger partial charge < -0.3 is 0 Å². The van der Waals surface area contributed by atoms with Gasteiger partial charge >= 0.3 is 0 Å². The lowest BCUT2D eigenvalue weighted by Crippen LogP contribution is -2.25. The zero-order valence-electron chi connectivity index (χ0n) is 15.1. The van der Waals surface area contributed by atoms with Crippen LogP contribution in [-0.2, 0) is 0 Å². The fraction of sp³-hybridized carbons (Fsp3) is 0.773. The molecule has 0 aromatic rings. The van der Waals surface area contributed by atoms with E-state index in [0.717, 1.165) is 23.7 Å². The molecule has 2 saturated carbocycles. The van der Waals surface area contributed by atoms with Crippen LogP contribution in [0.2, 0.25) is 0 Å². The first kappa shape index (κ1) is 18.3. The number of nitrogens with zero attached hydrogens (tertiary/aromatic N) is 1. The fourth-order valence-electron chi connectivity index (χ4n) is 4.76. The summed E-state index contributed by atoms with van der Waals surface area (Å²) in [5, 5.41) is 8.49. The van der Waals surface area contributed by atoms with Gasteiger partial charge in [-0.1, -0.05) is 63.7 Å². The maximum absolute atomic E-state index is 8.49. The van der Waals surface area contributed by atoms with Crippen LogP contribution in [0, 0.1) is 35.0 Å². The summed E-state index contributed by atoms with van der Waals surface area (Å²) in [6.07, 6.45) is 25.2. The third kappa shape index (κ3) is 6.54. The molecule has 0 unspecified atom stereocenters. The van der Waals surface area contributed by atoms with Crippen LogP contribution in [0.15, 0.2) is 24.3 Å². The lowest BCUT2D eigenvalue weighted by Gasteiger charge is -2.37. The molecule has 2 fully saturated rings. The van der Waals surface area contributed by atoms with E-state index in [2.05, 4.69) is 19.1 Å². The largest absolute Gasteiger partial charge is 0.193 e. The van der Waals surface area contributed by atoms with Crippen LogP contribution >= 0.6 is 0 Å². The maximum atomic E-state index is 8.49. The summed E-state index contributed by atoms with van der Waals surface area (Å²) in [6, 6.07) is 2.04. The molecule has 0 aromatic carbocycles. The second-order valence-corrected chi connectivity index (χ2v) is 7.82. The highest BCUT2D eigenvalue weighted by Crippen LogP contribution is 2.42. The van der Waals surface area contributed by atoms with Crippen LogP contribution in [0.5, 0.6) is 0 Å². The van der Waals surface area contributed by atoms with Crippen molar-refractivity contribution in [2.24, 2.45) is 23.7 Å². The summed E-state index contributed by atoms with van der Waals surface area (Å²) < 4.78 is 0. The minimum Gasteiger partial charge on any atom is -0.193 e. The van der Waals surface area contributed by atoms with Crippen molar-refractivity contribution >= 4 is 0 Å².